The fourth-order valence-corrected chi connectivity index (χ4v) is 2.87. The molecule has 3 nitrogen and oxygen atoms in total. The largest absolute Gasteiger partial charge is 0.497 e. The molecule has 17 heavy (non-hydrogen) atoms. The Kier molecular flexibility index (Phi) is 3.69. The molecular weight excluding hydrogens is 212 g/mol. The SMILES string of the molecule is CCNC1(CN)CCCc2ccc(OC)cc21. The van der Waals surface area contributed by atoms with E-state index in [9.17, 15) is 0 Å². The molecule has 1 aromatic rings. The lowest BCUT2D eigenvalue weighted by atomic mass is 9.76. The highest BCUT2D eigenvalue weighted by Gasteiger charge is 2.34. The summed E-state index contributed by atoms with van der Waals surface area (Å²) in [7, 11) is 1.71. The van der Waals surface area contributed by atoms with Crippen LogP contribution in [0.15, 0.2) is 18.2 Å². The third kappa shape index (κ3) is 2.17. The normalized spacial score (nSPS) is 23.2. The molecule has 2 rings (SSSR count). The van der Waals surface area contributed by atoms with Gasteiger partial charge in [-0.3, -0.25) is 0 Å². The van der Waals surface area contributed by atoms with Gasteiger partial charge in [0.15, 0.2) is 0 Å². The molecule has 0 aromatic heterocycles. The lowest BCUT2D eigenvalue weighted by Gasteiger charge is -2.39. The second-order valence-corrected chi connectivity index (χ2v) is 4.69. The van der Waals surface area contributed by atoms with Crippen LogP contribution in [-0.2, 0) is 12.0 Å². The zero-order chi connectivity index (χ0) is 12.3. The number of aryl methyl sites for hydroxylation is 1. The first-order valence-electron chi connectivity index (χ1n) is 6.38. The van der Waals surface area contributed by atoms with Crippen molar-refractivity contribution in [3.8, 4) is 5.75 Å². The quantitative estimate of drug-likeness (QED) is 0.835. The van der Waals surface area contributed by atoms with Crippen molar-refractivity contribution >= 4 is 0 Å². The van der Waals surface area contributed by atoms with Crippen LogP contribution in [0.25, 0.3) is 0 Å². The maximum Gasteiger partial charge on any atom is 0.119 e. The second kappa shape index (κ2) is 5.07. The molecule has 0 aliphatic heterocycles. The van der Waals surface area contributed by atoms with Gasteiger partial charge in [0.05, 0.1) is 12.6 Å². The molecule has 94 valence electrons. The summed E-state index contributed by atoms with van der Waals surface area (Å²) in [6.07, 6.45) is 3.45. The van der Waals surface area contributed by atoms with E-state index in [-0.39, 0.29) is 5.54 Å². The van der Waals surface area contributed by atoms with Crippen molar-refractivity contribution in [2.75, 3.05) is 20.2 Å². The van der Waals surface area contributed by atoms with Crippen molar-refractivity contribution in [3.05, 3.63) is 29.3 Å². The number of hydrogen-bond acceptors (Lipinski definition) is 3. The van der Waals surface area contributed by atoms with Crippen LogP contribution >= 0.6 is 0 Å². The number of fused-ring (bicyclic) bond motifs is 1. The molecule has 1 aromatic carbocycles. The summed E-state index contributed by atoms with van der Waals surface area (Å²) >= 11 is 0. The van der Waals surface area contributed by atoms with E-state index in [1.165, 1.54) is 17.5 Å². The Morgan fingerprint density at radius 3 is 2.94 bits per heavy atom. The molecule has 0 spiro atoms. The van der Waals surface area contributed by atoms with Crippen LogP contribution in [0.3, 0.4) is 0 Å². The minimum Gasteiger partial charge on any atom is -0.497 e. The van der Waals surface area contributed by atoms with Crippen molar-refractivity contribution in [1.29, 1.82) is 0 Å². The van der Waals surface area contributed by atoms with E-state index >= 15 is 0 Å². The van der Waals surface area contributed by atoms with Crippen molar-refractivity contribution in [1.82, 2.24) is 5.32 Å². The Morgan fingerprint density at radius 1 is 1.47 bits per heavy atom. The molecule has 1 aliphatic carbocycles. The number of rotatable bonds is 4. The summed E-state index contributed by atoms with van der Waals surface area (Å²) < 4.78 is 5.33. The van der Waals surface area contributed by atoms with Gasteiger partial charge in [-0.15, -0.1) is 0 Å². The van der Waals surface area contributed by atoms with Crippen LogP contribution in [-0.4, -0.2) is 20.2 Å². The lowest BCUT2D eigenvalue weighted by molar-refractivity contribution is 0.297. The van der Waals surface area contributed by atoms with Crippen LogP contribution in [0.5, 0.6) is 5.75 Å². The van der Waals surface area contributed by atoms with Gasteiger partial charge in [-0.25, -0.2) is 0 Å². The molecule has 0 amide bonds. The standard InChI is InChI=1S/C14H22N2O/c1-3-16-14(10-15)8-4-5-11-6-7-12(17-2)9-13(11)14/h6-7,9,16H,3-5,8,10,15H2,1-2H3. The van der Waals surface area contributed by atoms with E-state index in [4.69, 9.17) is 10.5 Å². The summed E-state index contributed by atoms with van der Waals surface area (Å²) in [5.41, 5.74) is 8.70. The van der Waals surface area contributed by atoms with Crippen LogP contribution in [0.1, 0.15) is 30.9 Å². The maximum absolute atomic E-state index is 6.03. The van der Waals surface area contributed by atoms with Gasteiger partial charge in [0.25, 0.3) is 0 Å². The fraction of sp³-hybridized carbons (Fsp3) is 0.571. The molecule has 0 bridgehead atoms. The number of nitrogens with two attached hydrogens (primary N) is 1. The van der Waals surface area contributed by atoms with Crippen LogP contribution in [0.4, 0.5) is 0 Å². The molecule has 0 radical (unpaired) electrons. The van der Waals surface area contributed by atoms with E-state index in [0.717, 1.165) is 25.1 Å². The summed E-state index contributed by atoms with van der Waals surface area (Å²) in [6, 6.07) is 6.36. The van der Waals surface area contributed by atoms with Gasteiger partial charge in [-0.05, 0) is 49.1 Å². The molecule has 1 atom stereocenters. The third-order valence-electron chi connectivity index (χ3n) is 3.75. The van der Waals surface area contributed by atoms with E-state index in [1.54, 1.807) is 7.11 Å². The number of ether oxygens (including phenoxy) is 1. The van der Waals surface area contributed by atoms with Gasteiger partial charge in [-0.2, -0.15) is 0 Å². The summed E-state index contributed by atoms with van der Waals surface area (Å²) in [5, 5.41) is 3.57. The molecule has 1 unspecified atom stereocenters. The van der Waals surface area contributed by atoms with Crippen molar-refractivity contribution in [3.63, 3.8) is 0 Å². The lowest BCUT2D eigenvalue weighted by Crippen LogP contribution is -2.50. The molecule has 3 heteroatoms. The molecule has 1 aliphatic rings. The summed E-state index contributed by atoms with van der Waals surface area (Å²) in [6.45, 7) is 3.71. The average molecular weight is 234 g/mol. The number of benzene rings is 1. The van der Waals surface area contributed by atoms with Crippen LogP contribution < -0.4 is 15.8 Å². The van der Waals surface area contributed by atoms with Gasteiger partial charge in [0.1, 0.15) is 5.75 Å². The molecular formula is C14H22N2O. The number of hydrogen-bond donors (Lipinski definition) is 2. The van der Waals surface area contributed by atoms with E-state index in [1.807, 2.05) is 6.07 Å². The van der Waals surface area contributed by atoms with Gasteiger partial charge < -0.3 is 15.8 Å². The summed E-state index contributed by atoms with van der Waals surface area (Å²) in [5.74, 6) is 0.918. The Hall–Kier alpha value is -1.06. The van der Waals surface area contributed by atoms with Gasteiger partial charge >= 0.3 is 0 Å². The molecule has 3 N–H and O–H groups in total. The zero-order valence-corrected chi connectivity index (χ0v) is 10.8. The molecule has 0 saturated heterocycles. The van der Waals surface area contributed by atoms with Crippen molar-refractivity contribution in [2.45, 2.75) is 31.7 Å². The van der Waals surface area contributed by atoms with E-state index in [0.29, 0.717) is 6.54 Å². The van der Waals surface area contributed by atoms with E-state index < -0.39 is 0 Å². The zero-order valence-electron chi connectivity index (χ0n) is 10.8. The highest BCUT2D eigenvalue weighted by Crippen LogP contribution is 2.36. The first-order valence-corrected chi connectivity index (χ1v) is 6.38. The highest BCUT2D eigenvalue weighted by molar-refractivity contribution is 5.42. The Labute approximate surface area is 103 Å². The van der Waals surface area contributed by atoms with Gasteiger partial charge in [0.2, 0.25) is 0 Å². The van der Waals surface area contributed by atoms with Gasteiger partial charge in [-0.1, -0.05) is 13.0 Å². The third-order valence-corrected chi connectivity index (χ3v) is 3.75. The van der Waals surface area contributed by atoms with Gasteiger partial charge in [0, 0.05) is 6.54 Å². The summed E-state index contributed by atoms with van der Waals surface area (Å²) in [4.78, 5) is 0. The average Bonchev–Trinajstić information content (AvgIpc) is 2.39. The van der Waals surface area contributed by atoms with E-state index in [2.05, 4.69) is 24.4 Å². The maximum atomic E-state index is 6.03. The number of methoxy groups -OCH3 is 1. The molecule has 0 saturated carbocycles. The minimum atomic E-state index is -0.0587. The van der Waals surface area contributed by atoms with Crippen LogP contribution in [0.2, 0.25) is 0 Å². The van der Waals surface area contributed by atoms with Crippen molar-refractivity contribution in [2.24, 2.45) is 5.73 Å². The highest BCUT2D eigenvalue weighted by atomic mass is 16.5. The van der Waals surface area contributed by atoms with Crippen molar-refractivity contribution < 1.29 is 4.74 Å². The smallest absolute Gasteiger partial charge is 0.119 e. The van der Waals surface area contributed by atoms with Crippen LogP contribution in [0, 0.1) is 0 Å². The predicted octanol–water partition coefficient (Wildman–Crippen LogP) is 1.79. The first-order chi connectivity index (χ1) is 8.25. The number of likely N-dealkylation sites (N-methyl/N-ethyl adjacent to an activating group) is 1. The predicted molar refractivity (Wildman–Crippen MR) is 70.3 cm³/mol. The second-order valence-electron chi connectivity index (χ2n) is 4.69. The number of nitrogens with one attached hydrogen (secondary N) is 1. The molecule has 0 heterocycles. The Balaban J connectivity index is 2.46. The first kappa shape index (κ1) is 12.4. The fourth-order valence-electron chi connectivity index (χ4n) is 2.87. The topological polar surface area (TPSA) is 47.3 Å². The molecule has 0 fully saturated rings. The monoisotopic (exact) mass is 234 g/mol. The Bertz CT molecular complexity index is 392. The minimum absolute atomic E-state index is 0.0587. The Morgan fingerprint density at radius 2 is 2.29 bits per heavy atom.